The number of hydrogen-bond acceptors (Lipinski definition) is 6. The van der Waals surface area contributed by atoms with Gasteiger partial charge in [0.05, 0.1) is 11.6 Å². The van der Waals surface area contributed by atoms with Crippen molar-refractivity contribution in [1.29, 1.82) is 0 Å². The van der Waals surface area contributed by atoms with Gasteiger partial charge in [-0.1, -0.05) is 35.0 Å². The Hall–Kier alpha value is -3.78. The van der Waals surface area contributed by atoms with Crippen molar-refractivity contribution < 1.29 is 4.84 Å². The first-order chi connectivity index (χ1) is 15.1. The molecule has 0 N–H and O–H groups in total. The molecule has 0 unspecified atom stereocenters. The van der Waals surface area contributed by atoms with E-state index in [0.717, 1.165) is 39.3 Å². The molecule has 5 rings (SSSR count). The van der Waals surface area contributed by atoms with E-state index in [4.69, 9.17) is 16.4 Å². The summed E-state index contributed by atoms with van der Waals surface area (Å²) >= 11 is 5.89. The Balaban J connectivity index is 1.46. The molecule has 0 atom stereocenters. The van der Waals surface area contributed by atoms with Crippen LogP contribution in [-0.4, -0.2) is 35.3 Å². The van der Waals surface area contributed by atoms with Crippen LogP contribution in [0.1, 0.15) is 22.6 Å². The fourth-order valence-corrected chi connectivity index (χ4v) is 3.60. The number of benzene rings is 1. The van der Waals surface area contributed by atoms with Crippen molar-refractivity contribution in [3.63, 3.8) is 0 Å². The second-order valence-electron chi connectivity index (χ2n) is 7.03. The molecule has 0 fully saturated rings. The molecule has 4 aromatic heterocycles. The minimum absolute atomic E-state index is 0.145. The Labute approximate surface area is 182 Å². The summed E-state index contributed by atoms with van der Waals surface area (Å²) in [5, 5.41) is 10.1. The standard InChI is InChI=1S/C22H18ClN7O/c1-14-15(2)30(19-5-3-4-10-24-19)21-20(14)22-27-18(28-29(22)13-25-21)12-31-26-11-16-6-8-17(23)9-7-16/h3-11,13H,12H2,1-2H3/b26-11+. The molecule has 5 aromatic rings. The molecule has 4 heterocycles. The molecule has 0 amide bonds. The second-order valence-corrected chi connectivity index (χ2v) is 7.47. The first-order valence-corrected chi connectivity index (χ1v) is 10.0. The van der Waals surface area contributed by atoms with Crippen LogP contribution in [0.3, 0.4) is 0 Å². The maximum atomic E-state index is 5.89. The third-order valence-corrected chi connectivity index (χ3v) is 5.35. The number of oxime groups is 1. The highest BCUT2D eigenvalue weighted by Crippen LogP contribution is 2.28. The lowest BCUT2D eigenvalue weighted by molar-refractivity contribution is 0.126. The normalized spacial score (nSPS) is 11.7. The zero-order chi connectivity index (χ0) is 21.4. The van der Waals surface area contributed by atoms with Gasteiger partial charge in [-0.15, -0.1) is 5.10 Å². The summed E-state index contributed by atoms with van der Waals surface area (Å²) in [7, 11) is 0. The zero-order valence-corrected chi connectivity index (χ0v) is 17.7. The summed E-state index contributed by atoms with van der Waals surface area (Å²) < 4.78 is 3.70. The lowest BCUT2D eigenvalue weighted by atomic mass is 10.2. The van der Waals surface area contributed by atoms with Crippen LogP contribution in [0.4, 0.5) is 0 Å². The van der Waals surface area contributed by atoms with Crippen LogP contribution in [0.25, 0.3) is 22.5 Å². The van der Waals surface area contributed by atoms with Gasteiger partial charge >= 0.3 is 0 Å². The highest BCUT2D eigenvalue weighted by molar-refractivity contribution is 6.30. The summed E-state index contributed by atoms with van der Waals surface area (Å²) in [5.41, 5.74) is 4.55. The molecule has 0 bridgehead atoms. The topological polar surface area (TPSA) is 82.5 Å². The van der Waals surface area contributed by atoms with E-state index in [0.29, 0.717) is 10.8 Å². The molecule has 0 saturated heterocycles. The molecule has 0 radical (unpaired) electrons. The highest BCUT2D eigenvalue weighted by Gasteiger charge is 2.19. The molecule has 9 heteroatoms. The lowest BCUT2D eigenvalue weighted by Crippen LogP contribution is -2.01. The largest absolute Gasteiger partial charge is 0.387 e. The maximum Gasteiger partial charge on any atom is 0.192 e. The van der Waals surface area contributed by atoms with Crippen LogP contribution < -0.4 is 0 Å². The van der Waals surface area contributed by atoms with Gasteiger partial charge in [-0.3, -0.25) is 4.57 Å². The molecule has 1 aromatic carbocycles. The number of hydrogen-bond donors (Lipinski definition) is 0. The van der Waals surface area contributed by atoms with Crippen molar-refractivity contribution in [2.75, 3.05) is 0 Å². The number of halogens is 1. The number of nitrogens with zero attached hydrogens (tertiary/aromatic N) is 7. The van der Waals surface area contributed by atoms with Gasteiger partial charge in [0.1, 0.15) is 12.1 Å². The fourth-order valence-electron chi connectivity index (χ4n) is 3.47. The third kappa shape index (κ3) is 3.51. The van der Waals surface area contributed by atoms with E-state index in [-0.39, 0.29) is 6.61 Å². The van der Waals surface area contributed by atoms with Crippen molar-refractivity contribution in [2.24, 2.45) is 5.16 Å². The Morgan fingerprint density at radius 3 is 2.68 bits per heavy atom. The molecule has 154 valence electrons. The summed E-state index contributed by atoms with van der Waals surface area (Å²) in [6.07, 6.45) is 5.04. The van der Waals surface area contributed by atoms with E-state index in [1.54, 1.807) is 35.4 Å². The van der Waals surface area contributed by atoms with Gasteiger partial charge in [-0.25, -0.2) is 19.5 Å². The van der Waals surface area contributed by atoms with Crippen molar-refractivity contribution in [3.05, 3.63) is 82.7 Å². The molecule has 0 aliphatic heterocycles. The SMILES string of the molecule is Cc1c(C)n(-c2ccccn2)c2ncn3nc(CO/N=C/c4ccc(Cl)cc4)nc3c12. The molecule has 0 aliphatic carbocycles. The van der Waals surface area contributed by atoms with E-state index in [1.807, 2.05) is 41.8 Å². The van der Waals surface area contributed by atoms with E-state index in [1.165, 1.54) is 0 Å². The number of fused-ring (bicyclic) bond motifs is 3. The van der Waals surface area contributed by atoms with E-state index < -0.39 is 0 Å². The first-order valence-electron chi connectivity index (χ1n) is 9.66. The number of aromatic nitrogens is 6. The Morgan fingerprint density at radius 2 is 1.90 bits per heavy atom. The number of aryl methyl sites for hydroxylation is 1. The van der Waals surface area contributed by atoms with Gasteiger partial charge in [0.2, 0.25) is 0 Å². The Morgan fingerprint density at radius 1 is 1.06 bits per heavy atom. The van der Waals surface area contributed by atoms with Crippen LogP contribution >= 0.6 is 11.6 Å². The molecular formula is C22H18ClN7O. The fraction of sp³-hybridized carbons (Fsp3) is 0.136. The predicted octanol–water partition coefficient (Wildman–Crippen LogP) is 4.28. The van der Waals surface area contributed by atoms with Crippen molar-refractivity contribution in [2.45, 2.75) is 20.5 Å². The Bertz CT molecular complexity index is 1410. The maximum absolute atomic E-state index is 5.89. The highest BCUT2D eigenvalue weighted by atomic mass is 35.5. The van der Waals surface area contributed by atoms with Crippen LogP contribution in [0.15, 0.2) is 60.1 Å². The number of rotatable bonds is 5. The smallest absolute Gasteiger partial charge is 0.192 e. The minimum atomic E-state index is 0.145. The minimum Gasteiger partial charge on any atom is -0.387 e. The van der Waals surface area contributed by atoms with Crippen molar-refractivity contribution in [3.8, 4) is 5.82 Å². The summed E-state index contributed by atoms with van der Waals surface area (Å²) in [6.45, 7) is 4.25. The monoisotopic (exact) mass is 431 g/mol. The molecular weight excluding hydrogens is 414 g/mol. The lowest BCUT2D eigenvalue weighted by Gasteiger charge is -2.05. The molecule has 0 saturated carbocycles. The van der Waals surface area contributed by atoms with Crippen LogP contribution in [-0.2, 0) is 11.4 Å². The summed E-state index contributed by atoms with van der Waals surface area (Å²) in [5.74, 6) is 1.33. The molecule has 0 aliphatic rings. The molecule has 31 heavy (non-hydrogen) atoms. The van der Waals surface area contributed by atoms with Crippen LogP contribution in [0.2, 0.25) is 5.02 Å². The van der Waals surface area contributed by atoms with Gasteiger partial charge in [0.25, 0.3) is 0 Å². The summed E-state index contributed by atoms with van der Waals surface area (Å²) in [4.78, 5) is 19.2. The van der Waals surface area contributed by atoms with E-state index >= 15 is 0 Å². The van der Waals surface area contributed by atoms with Gasteiger partial charge in [0.15, 0.2) is 23.7 Å². The van der Waals surface area contributed by atoms with Gasteiger partial charge in [0, 0.05) is 16.9 Å². The third-order valence-electron chi connectivity index (χ3n) is 5.10. The average Bonchev–Trinajstić information content (AvgIpc) is 3.31. The van der Waals surface area contributed by atoms with Gasteiger partial charge in [-0.05, 0) is 49.2 Å². The molecule has 0 spiro atoms. The summed E-state index contributed by atoms with van der Waals surface area (Å²) in [6, 6.07) is 13.1. The Kier molecular flexibility index (Phi) is 4.83. The quantitative estimate of drug-likeness (QED) is 0.306. The molecule has 8 nitrogen and oxygen atoms in total. The van der Waals surface area contributed by atoms with Gasteiger partial charge < -0.3 is 4.84 Å². The zero-order valence-electron chi connectivity index (χ0n) is 16.9. The van der Waals surface area contributed by atoms with Crippen LogP contribution in [0.5, 0.6) is 0 Å². The average molecular weight is 432 g/mol. The van der Waals surface area contributed by atoms with Crippen LogP contribution in [0, 0.1) is 13.8 Å². The second kappa shape index (κ2) is 7.81. The van der Waals surface area contributed by atoms with E-state index in [2.05, 4.69) is 32.1 Å². The first kappa shape index (κ1) is 19.2. The van der Waals surface area contributed by atoms with Crippen molar-refractivity contribution in [1.82, 2.24) is 29.1 Å². The number of pyridine rings is 1. The predicted molar refractivity (Wildman–Crippen MR) is 119 cm³/mol. The van der Waals surface area contributed by atoms with Crippen molar-refractivity contribution >= 4 is 34.5 Å². The van der Waals surface area contributed by atoms with E-state index in [9.17, 15) is 0 Å². The van der Waals surface area contributed by atoms with Gasteiger partial charge in [-0.2, -0.15) is 0 Å².